The first-order valence-corrected chi connectivity index (χ1v) is 11.0. The molecule has 31 heavy (non-hydrogen) atoms. The van der Waals surface area contributed by atoms with Gasteiger partial charge in [-0.1, -0.05) is 28.1 Å². The Morgan fingerprint density at radius 3 is 2.58 bits per heavy atom. The van der Waals surface area contributed by atoms with Gasteiger partial charge >= 0.3 is 0 Å². The van der Waals surface area contributed by atoms with E-state index in [1.165, 1.54) is 16.3 Å². The Morgan fingerprint density at radius 2 is 1.90 bits per heavy atom. The number of rotatable bonds is 5. The van der Waals surface area contributed by atoms with Crippen molar-refractivity contribution in [3.8, 4) is 0 Å². The summed E-state index contributed by atoms with van der Waals surface area (Å²) in [7, 11) is 0. The van der Waals surface area contributed by atoms with Gasteiger partial charge in [0.05, 0.1) is 11.1 Å². The molecule has 0 atom stereocenters. The molecule has 0 N–H and O–H groups in total. The smallest absolute Gasteiger partial charge is 0.264 e. The number of aryl methyl sites for hydroxylation is 2. The number of carbonyl (C=O) groups is 1. The molecule has 1 aliphatic heterocycles. The van der Waals surface area contributed by atoms with Crippen LogP contribution in [0.2, 0.25) is 0 Å². The number of pyridine rings is 1. The summed E-state index contributed by atoms with van der Waals surface area (Å²) in [5.41, 5.74) is 2.43. The second kappa shape index (κ2) is 9.00. The molecule has 9 heteroatoms. The molecule has 3 heterocycles. The van der Waals surface area contributed by atoms with E-state index in [1.54, 1.807) is 13.8 Å². The summed E-state index contributed by atoms with van der Waals surface area (Å²) in [5.74, 6) is -0.0755. The average molecular weight is 492 g/mol. The number of nitrogens with zero attached hydrogens (tertiary/aromatic N) is 5. The molecule has 1 fully saturated rings. The van der Waals surface area contributed by atoms with E-state index in [0.717, 1.165) is 24.1 Å². The number of piperazine rings is 1. The summed E-state index contributed by atoms with van der Waals surface area (Å²) in [6.45, 7) is 6.99. The topological polar surface area (TPSA) is 54.3 Å². The lowest BCUT2D eigenvalue weighted by Gasteiger charge is -2.34. The van der Waals surface area contributed by atoms with Crippen LogP contribution in [0, 0.1) is 13.8 Å². The molecule has 1 amide bonds. The van der Waals surface area contributed by atoms with Gasteiger partial charge in [0.25, 0.3) is 6.43 Å². The van der Waals surface area contributed by atoms with Crippen LogP contribution in [0.4, 0.5) is 8.78 Å². The van der Waals surface area contributed by atoms with Crippen molar-refractivity contribution in [1.29, 1.82) is 0 Å². The number of carbonyl (C=O) groups excluding carboxylic acids is 1. The summed E-state index contributed by atoms with van der Waals surface area (Å²) in [4.78, 5) is 21.4. The third-order valence-electron chi connectivity index (χ3n) is 5.58. The molecule has 0 aliphatic carbocycles. The lowest BCUT2D eigenvalue weighted by atomic mass is 10.1. The summed E-state index contributed by atoms with van der Waals surface area (Å²) >= 11 is 3.50. The third-order valence-corrected chi connectivity index (χ3v) is 6.07. The van der Waals surface area contributed by atoms with E-state index >= 15 is 0 Å². The first-order chi connectivity index (χ1) is 14.8. The summed E-state index contributed by atoms with van der Waals surface area (Å²) in [6.07, 6.45) is -2.62. The highest BCUT2D eigenvalue weighted by Crippen LogP contribution is 2.30. The lowest BCUT2D eigenvalue weighted by molar-refractivity contribution is -0.133. The van der Waals surface area contributed by atoms with Gasteiger partial charge in [0.15, 0.2) is 5.65 Å². The second-order valence-corrected chi connectivity index (χ2v) is 8.80. The molecule has 4 rings (SSSR count). The van der Waals surface area contributed by atoms with E-state index in [1.807, 2.05) is 17.0 Å². The number of aromatic nitrogens is 3. The Bertz CT molecular complexity index is 1110. The maximum Gasteiger partial charge on any atom is 0.264 e. The SMILES string of the molecule is Cc1cc(C(F)F)c2c(C)nn(CC(=O)N3CCN(Cc4cccc(Br)c4)CC3)c2n1. The minimum absolute atomic E-state index is 0.00486. The molecule has 1 aliphatic rings. The fourth-order valence-electron chi connectivity index (χ4n) is 4.08. The normalized spacial score (nSPS) is 15.2. The number of hydrogen-bond acceptors (Lipinski definition) is 4. The Hall–Kier alpha value is -2.39. The number of hydrogen-bond donors (Lipinski definition) is 0. The van der Waals surface area contributed by atoms with Crippen molar-refractivity contribution in [3.63, 3.8) is 0 Å². The number of halogens is 3. The molecule has 0 spiro atoms. The average Bonchev–Trinajstić information content (AvgIpc) is 3.03. The molecular formula is C22H24BrF2N5O. The van der Waals surface area contributed by atoms with Crippen LogP contribution in [0.15, 0.2) is 34.8 Å². The molecule has 6 nitrogen and oxygen atoms in total. The fourth-order valence-corrected chi connectivity index (χ4v) is 4.52. The van der Waals surface area contributed by atoms with Crippen molar-refractivity contribution in [3.05, 3.63) is 57.3 Å². The lowest BCUT2D eigenvalue weighted by Crippen LogP contribution is -2.49. The van der Waals surface area contributed by atoms with E-state index in [9.17, 15) is 13.6 Å². The predicted molar refractivity (Wildman–Crippen MR) is 118 cm³/mol. The van der Waals surface area contributed by atoms with Crippen molar-refractivity contribution in [1.82, 2.24) is 24.6 Å². The summed E-state index contributed by atoms with van der Waals surface area (Å²) < 4.78 is 29.5. The zero-order valence-electron chi connectivity index (χ0n) is 17.5. The van der Waals surface area contributed by atoms with E-state index in [4.69, 9.17) is 0 Å². The Labute approximate surface area is 188 Å². The Balaban J connectivity index is 1.43. The van der Waals surface area contributed by atoms with Crippen molar-refractivity contribution in [2.24, 2.45) is 0 Å². The molecule has 1 saturated heterocycles. The van der Waals surface area contributed by atoms with Crippen LogP contribution >= 0.6 is 15.9 Å². The van der Waals surface area contributed by atoms with Crippen LogP contribution in [-0.2, 0) is 17.9 Å². The molecule has 0 saturated carbocycles. The van der Waals surface area contributed by atoms with E-state index in [-0.39, 0.29) is 18.0 Å². The Morgan fingerprint density at radius 1 is 1.16 bits per heavy atom. The summed E-state index contributed by atoms with van der Waals surface area (Å²) in [5, 5.41) is 4.69. The molecule has 164 valence electrons. The van der Waals surface area contributed by atoms with Crippen LogP contribution in [-0.4, -0.2) is 56.7 Å². The minimum atomic E-state index is -2.62. The van der Waals surface area contributed by atoms with Crippen LogP contribution in [0.25, 0.3) is 11.0 Å². The molecule has 1 aromatic carbocycles. The largest absolute Gasteiger partial charge is 0.339 e. The first kappa shape index (κ1) is 21.8. The maximum absolute atomic E-state index is 13.5. The molecule has 0 bridgehead atoms. The van der Waals surface area contributed by atoms with Crippen molar-refractivity contribution >= 4 is 32.9 Å². The van der Waals surface area contributed by atoms with Crippen molar-refractivity contribution < 1.29 is 13.6 Å². The highest BCUT2D eigenvalue weighted by atomic mass is 79.9. The maximum atomic E-state index is 13.5. The van der Waals surface area contributed by atoms with E-state index in [2.05, 4.69) is 43.0 Å². The van der Waals surface area contributed by atoms with Gasteiger partial charge in [0.1, 0.15) is 6.54 Å². The second-order valence-electron chi connectivity index (χ2n) is 7.88. The van der Waals surface area contributed by atoms with Gasteiger partial charge in [0.2, 0.25) is 5.91 Å². The first-order valence-electron chi connectivity index (χ1n) is 10.2. The molecule has 3 aromatic rings. The van der Waals surface area contributed by atoms with Gasteiger partial charge in [-0.3, -0.25) is 9.69 Å². The zero-order valence-corrected chi connectivity index (χ0v) is 19.1. The molecule has 2 aromatic heterocycles. The Kier molecular flexibility index (Phi) is 6.34. The van der Waals surface area contributed by atoms with Crippen LogP contribution in [0.5, 0.6) is 0 Å². The number of benzene rings is 1. The van der Waals surface area contributed by atoms with Crippen molar-refractivity contribution in [2.45, 2.75) is 33.4 Å². The fraction of sp³-hybridized carbons (Fsp3) is 0.409. The highest BCUT2D eigenvalue weighted by Gasteiger charge is 2.24. The van der Waals surface area contributed by atoms with Gasteiger partial charge in [-0.2, -0.15) is 5.10 Å². The number of amides is 1. The standard InChI is InChI=1S/C22H24BrF2N5O/c1-14-10-18(21(24)25)20-15(2)27-30(22(20)26-14)13-19(31)29-8-6-28(7-9-29)12-16-4-3-5-17(23)11-16/h3-5,10-11,21H,6-9,12-13H2,1-2H3. The van der Waals surface area contributed by atoms with Crippen LogP contribution < -0.4 is 0 Å². The zero-order chi connectivity index (χ0) is 22.1. The number of fused-ring (bicyclic) bond motifs is 1. The molecule has 0 radical (unpaired) electrons. The number of alkyl halides is 2. The molecule has 0 unspecified atom stereocenters. The minimum Gasteiger partial charge on any atom is -0.339 e. The molecular weight excluding hydrogens is 468 g/mol. The predicted octanol–water partition coefficient (Wildman–Crippen LogP) is 4.09. The van der Waals surface area contributed by atoms with Crippen molar-refractivity contribution in [2.75, 3.05) is 26.2 Å². The van der Waals surface area contributed by atoms with E-state index in [0.29, 0.717) is 35.5 Å². The monoisotopic (exact) mass is 491 g/mol. The van der Waals surface area contributed by atoms with Gasteiger partial charge in [0, 0.05) is 48.5 Å². The van der Waals surface area contributed by atoms with Gasteiger partial charge < -0.3 is 4.90 Å². The van der Waals surface area contributed by atoms with Crippen LogP contribution in [0.1, 0.15) is 28.9 Å². The van der Waals surface area contributed by atoms with Gasteiger partial charge in [-0.05, 0) is 37.6 Å². The summed E-state index contributed by atoms with van der Waals surface area (Å²) in [6, 6.07) is 9.60. The van der Waals surface area contributed by atoms with Crippen LogP contribution in [0.3, 0.4) is 0 Å². The van der Waals surface area contributed by atoms with Gasteiger partial charge in [-0.25, -0.2) is 18.4 Å². The quantitative estimate of drug-likeness (QED) is 0.539. The van der Waals surface area contributed by atoms with Gasteiger partial charge in [-0.15, -0.1) is 0 Å². The highest BCUT2D eigenvalue weighted by molar-refractivity contribution is 9.10. The van der Waals surface area contributed by atoms with E-state index < -0.39 is 6.43 Å². The third kappa shape index (κ3) is 4.77.